The van der Waals surface area contributed by atoms with E-state index in [1.807, 2.05) is 11.7 Å². The lowest BCUT2D eigenvalue weighted by atomic mass is 10.1. The number of para-hydroxylation sites is 1. The summed E-state index contributed by atoms with van der Waals surface area (Å²) in [5.74, 6) is 0. The summed E-state index contributed by atoms with van der Waals surface area (Å²) in [6.45, 7) is 7.25. The number of nitrogens with one attached hydrogen (secondary N) is 1. The second kappa shape index (κ2) is 5.36. The van der Waals surface area contributed by atoms with Gasteiger partial charge in [0.2, 0.25) is 0 Å². The number of hydrogen-bond donors (Lipinski definition) is 1. The Morgan fingerprint density at radius 2 is 2.00 bits per heavy atom. The van der Waals surface area contributed by atoms with E-state index >= 15 is 0 Å². The van der Waals surface area contributed by atoms with Crippen LogP contribution in [-0.4, -0.2) is 16.8 Å². The van der Waals surface area contributed by atoms with Crippen molar-refractivity contribution >= 4 is 0 Å². The zero-order valence-corrected chi connectivity index (χ0v) is 11.6. The smallest absolute Gasteiger partial charge is 0.0706 e. The molecule has 18 heavy (non-hydrogen) atoms. The highest BCUT2D eigenvalue weighted by atomic mass is 15.3. The molecule has 0 radical (unpaired) electrons. The molecule has 2 aromatic rings. The van der Waals surface area contributed by atoms with E-state index in [-0.39, 0.29) is 0 Å². The predicted octanol–water partition coefficient (Wildman–Crippen LogP) is 2.77. The first kappa shape index (κ1) is 12.8. The van der Waals surface area contributed by atoms with E-state index in [0.29, 0.717) is 0 Å². The van der Waals surface area contributed by atoms with E-state index < -0.39 is 0 Å². The van der Waals surface area contributed by atoms with Crippen molar-refractivity contribution < 1.29 is 0 Å². The highest BCUT2D eigenvalue weighted by Gasteiger charge is 2.10. The summed E-state index contributed by atoms with van der Waals surface area (Å²) in [7, 11) is 1.96. The van der Waals surface area contributed by atoms with Crippen LogP contribution in [-0.2, 0) is 13.0 Å². The number of nitrogens with zero attached hydrogens (tertiary/aromatic N) is 2. The summed E-state index contributed by atoms with van der Waals surface area (Å²) >= 11 is 0. The number of benzene rings is 1. The monoisotopic (exact) mass is 243 g/mol. The summed E-state index contributed by atoms with van der Waals surface area (Å²) < 4.78 is 2.02. The van der Waals surface area contributed by atoms with Gasteiger partial charge in [0, 0.05) is 18.3 Å². The van der Waals surface area contributed by atoms with Crippen molar-refractivity contribution in [3.05, 3.63) is 46.8 Å². The first-order chi connectivity index (χ1) is 8.67. The molecular weight excluding hydrogens is 222 g/mol. The fraction of sp³-hybridized carbons (Fsp3) is 0.400. The Morgan fingerprint density at radius 3 is 2.67 bits per heavy atom. The summed E-state index contributed by atoms with van der Waals surface area (Å²) in [6, 6.07) is 6.43. The Hall–Kier alpha value is -1.61. The van der Waals surface area contributed by atoms with Crippen molar-refractivity contribution in [3.8, 4) is 5.69 Å². The third-order valence-corrected chi connectivity index (χ3v) is 3.30. The molecule has 1 aromatic heterocycles. The molecule has 0 amide bonds. The third-order valence-electron chi connectivity index (χ3n) is 3.30. The van der Waals surface area contributed by atoms with Crippen molar-refractivity contribution in [2.45, 2.75) is 33.7 Å². The van der Waals surface area contributed by atoms with Crippen LogP contribution in [0.1, 0.15) is 29.3 Å². The molecule has 1 aromatic carbocycles. The molecule has 0 bridgehead atoms. The Labute approximate surface area is 109 Å². The van der Waals surface area contributed by atoms with Gasteiger partial charge in [0.05, 0.1) is 11.4 Å². The molecule has 0 spiro atoms. The first-order valence-electron chi connectivity index (χ1n) is 6.46. The van der Waals surface area contributed by atoms with Gasteiger partial charge in [0.1, 0.15) is 0 Å². The lowest BCUT2D eigenvalue weighted by Gasteiger charge is -2.11. The van der Waals surface area contributed by atoms with E-state index in [1.165, 1.54) is 22.4 Å². The normalized spacial score (nSPS) is 10.9. The van der Waals surface area contributed by atoms with Crippen LogP contribution in [0.25, 0.3) is 5.69 Å². The van der Waals surface area contributed by atoms with E-state index in [2.05, 4.69) is 55.6 Å². The van der Waals surface area contributed by atoms with E-state index in [9.17, 15) is 0 Å². The SMILES string of the molecule is CCc1cccc(C)c1-n1cc(CNC)c(C)n1. The maximum absolute atomic E-state index is 4.65. The van der Waals surface area contributed by atoms with Gasteiger partial charge in [-0.2, -0.15) is 5.10 Å². The van der Waals surface area contributed by atoms with Crippen molar-refractivity contribution in [3.63, 3.8) is 0 Å². The maximum atomic E-state index is 4.65. The van der Waals surface area contributed by atoms with Crippen LogP contribution in [0.15, 0.2) is 24.4 Å². The van der Waals surface area contributed by atoms with Crippen molar-refractivity contribution in [2.75, 3.05) is 7.05 Å². The summed E-state index contributed by atoms with van der Waals surface area (Å²) in [5.41, 5.74) is 6.18. The van der Waals surface area contributed by atoms with Crippen LogP contribution < -0.4 is 5.32 Å². The second-order valence-electron chi connectivity index (χ2n) is 4.65. The molecule has 0 saturated carbocycles. The standard InChI is InChI=1S/C15H21N3/c1-5-13-8-6-7-11(2)15(13)18-10-14(9-16-4)12(3)17-18/h6-8,10,16H,5,9H2,1-4H3. The average Bonchev–Trinajstić information content (AvgIpc) is 2.70. The minimum Gasteiger partial charge on any atom is -0.316 e. The number of rotatable bonds is 4. The number of hydrogen-bond acceptors (Lipinski definition) is 2. The molecule has 0 aliphatic heterocycles. The Morgan fingerprint density at radius 1 is 1.22 bits per heavy atom. The molecule has 96 valence electrons. The molecule has 1 N–H and O–H groups in total. The molecule has 0 fully saturated rings. The zero-order valence-electron chi connectivity index (χ0n) is 11.6. The summed E-state index contributed by atoms with van der Waals surface area (Å²) in [6.07, 6.45) is 3.16. The van der Waals surface area contributed by atoms with Gasteiger partial charge in [-0.25, -0.2) is 4.68 Å². The highest BCUT2D eigenvalue weighted by molar-refractivity contribution is 5.47. The van der Waals surface area contributed by atoms with Crippen LogP contribution in [0.3, 0.4) is 0 Å². The molecule has 0 atom stereocenters. The maximum Gasteiger partial charge on any atom is 0.0706 e. The van der Waals surface area contributed by atoms with E-state index in [4.69, 9.17) is 0 Å². The van der Waals surface area contributed by atoms with Gasteiger partial charge in [-0.3, -0.25) is 0 Å². The Bertz CT molecular complexity index is 541. The minimum atomic E-state index is 0.860. The lowest BCUT2D eigenvalue weighted by molar-refractivity contribution is 0.812. The molecule has 0 saturated heterocycles. The van der Waals surface area contributed by atoms with Crippen LogP contribution in [0.4, 0.5) is 0 Å². The minimum absolute atomic E-state index is 0.860. The molecule has 3 nitrogen and oxygen atoms in total. The van der Waals surface area contributed by atoms with Crippen molar-refractivity contribution in [1.29, 1.82) is 0 Å². The molecular formula is C15H21N3. The summed E-state index contributed by atoms with van der Waals surface area (Å²) in [5, 5.41) is 7.83. The van der Waals surface area contributed by atoms with Gasteiger partial charge in [-0.05, 0) is 38.4 Å². The van der Waals surface area contributed by atoms with Gasteiger partial charge < -0.3 is 5.32 Å². The molecule has 3 heteroatoms. The first-order valence-corrected chi connectivity index (χ1v) is 6.46. The fourth-order valence-electron chi connectivity index (χ4n) is 2.31. The Kier molecular flexibility index (Phi) is 3.82. The number of aryl methyl sites for hydroxylation is 3. The van der Waals surface area contributed by atoms with Gasteiger partial charge in [0.25, 0.3) is 0 Å². The largest absolute Gasteiger partial charge is 0.316 e. The van der Waals surface area contributed by atoms with Gasteiger partial charge >= 0.3 is 0 Å². The van der Waals surface area contributed by atoms with Crippen LogP contribution in [0, 0.1) is 13.8 Å². The zero-order chi connectivity index (χ0) is 13.1. The molecule has 0 aliphatic carbocycles. The predicted molar refractivity (Wildman–Crippen MR) is 75.2 cm³/mol. The lowest BCUT2D eigenvalue weighted by Crippen LogP contribution is -2.05. The second-order valence-corrected chi connectivity index (χ2v) is 4.65. The fourth-order valence-corrected chi connectivity index (χ4v) is 2.31. The topological polar surface area (TPSA) is 29.9 Å². The molecule has 0 unspecified atom stereocenters. The number of aromatic nitrogens is 2. The van der Waals surface area contributed by atoms with E-state index in [0.717, 1.165) is 18.7 Å². The average molecular weight is 243 g/mol. The highest BCUT2D eigenvalue weighted by Crippen LogP contribution is 2.21. The third kappa shape index (κ3) is 2.31. The van der Waals surface area contributed by atoms with Gasteiger partial charge in [0.15, 0.2) is 0 Å². The quantitative estimate of drug-likeness (QED) is 0.895. The summed E-state index contributed by atoms with van der Waals surface area (Å²) in [4.78, 5) is 0. The van der Waals surface area contributed by atoms with Crippen molar-refractivity contribution in [2.24, 2.45) is 0 Å². The van der Waals surface area contributed by atoms with Crippen LogP contribution >= 0.6 is 0 Å². The van der Waals surface area contributed by atoms with Crippen LogP contribution in [0.5, 0.6) is 0 Å². The van der Waals surface area contributed by atoms with Crippen LogP contribution in [0.2, 0.25) is 0 Å². The Balaban J connectivity index is 2.51. The molecule has 0 aliphatic rings. The molecule has 2 rings (SSSR count). The van der Waals surface area contributed by atoms with Gasteiger partial charge in [-0.1, -0.05) is 25.1 Å². The van der Waals surface area contributed by atoms with E-state index in [1.54, 1.807) is 0 Å². The molecule has 1 heterocycles. The van der Waals surface area contributed by atoms with Gasteiger partial charge in [-0.15, -0.1) is 0 Å². The van der Waals surface area contributed by atoms with Crippen molar-refractivity contribution in [1.82, 2.24) is 15.1 Å².